The van der Waals surface area contributed by atoms with Crippen LogP contribution in [0.2, 0.25) is 0 Å². The summed E-state index contributed by atoms with van der Waals surface area (Å²) in [6, 6.07) is 12.1. The van der Waals surface area contributed by atoms with Crippen molar-refractivity contribution in [3.05, 3.63) is 66.2 Å². The molecule has 3 heterocycles. The summed E-state index contributed by atoms with van der Waals surface area (Å²) in [5.41, 5.74) is 3.99. The Labute approximate surface area is 170 Å². The highest BCUT2D eigenvalue weighted by molar-refractivity contribution is 5.90. The predicted molar refractivity (Wildman–Crippen MR) is 112 cm³/mol. The number of nitrogens with one attached hydrogen (secondary N) is 1. The van der Waals surface area contributed by atoms with Gasteiger partial charge in [0.15, 0.2) is 0 Å². The molecular weight excluding hydrogens is 364 g/mol. The fraction of sp³-hybridized carbons (Fsp3) is 0.364. The summed E-state index contributed by atoms with van der Waals surface area (Å²) in [6.45, 7) is 4.67. The highest BCUT2D eigenvalue weighted by Gasteiger charge is 2.22. The molecule has 29 heavy (non-hydrogen) atoms. The van der Waals surface area contributed by atoms with Gasteiger partial charge in [-0.15, -0.1) is 5.10 Å². The lowest BCUT2D eigenvalue weighted by Crippen LogP contribution is -2.32. The molecule has 4 rings (SSSR count). The average Bonchev–Trinajstić information content (AvgIpc) is 3.23. The Kier molecular flexibility index (Phi) is 5.95. The van der Waals surface area contributed by atoms with E-state index in [-0.39, 0.29) is 5.91 Å². The number of anilines is 1. The van der Waals surface area contributed by atoms with E-state index in [1.54, 1.807) is 6.20 Å². The van der Waals surface area contributed by atoms with Crippen LogP contribution in [0.3, 0.4) is 0 Å². The first-order valence-corrected chi connectivity index (χ1v) is 10.1. The van der Waals surface area contributed by atoms with E-state index in [1.165, 1.54) is 5.56 Å². The normalized spacial score (nSPS) is 15.3. The van der Waals surface area contributed by atoms with Gasteiger partial charge in [0, 0.05) is 19.2 Å². The summed E-state index contributed by atoms with van der Waals surface area (Å²) < 4.78 is 1.82. The summed E-state index contributed by atoms with van der Waals surface area (Å²) in [6.07, 6.45) is 8.25. The SMILES string of the molecule is CCC(=O)Nc1cncc(C2CCN(Cc3cn(-c4ccccc4)nn3)CC2)c1. The Morgan fingerprint density at radius 3 is 2.72 bits per heavy atom. The third-order valence-electron chi connectivity index (χ3n) is 5.37. The Balaban J connectivity index is 1.33. The van der Waals surface area contributed by atoms with Gasteiger partial charge in [0.1, 0.15) is 0 Å². The van der Waals surface area contributed by atoms with Gasteiger partial charge in [-0.3, -0.25) is 14.7 Å². The lowest BCUT2D eigenvalue weighted by molar-refractivity contribution is -0.115. The number of amides is 1. The maximum Gasteiger partial charge on any atom is 0.224 e. The predicted octanol–water partition coefficient (Wildman–Crippen LogP) is 3.39. The number of likely N-dealkylation sites (tertiary alicyclic amines) is 1. The number of hydrogen-bond donors (Lipinski definition) is 1. The van der Waals surface area contributed by atoms with Gasteiger partial charge in [-0.05, 0) is 55.6 Å². The number of carbonyl (C=O) groups excluding carboxylic acids is 1. The lowest BCUT2D eigenvalue weighted by Gasteiger charge is -2.31. The first-order chi connectivity index (χ1) is 14.2. The molecule has 0 unspecified atom stereocenters. The number of carbonyl (C=O) groups is 1. The van der Waals surface area contributed by atoms with E-state index in [4.69, 9.17) is 0 Å². The molecule has 0 saturated carbocycles. The van der Waals surface area contributed by atoms with Gasteiger partial charge in [0.05, 0.1) is 29.5 Å². The smallest absolute Gasteiger partial charge is 0.224 e. The summed E-state index contributed by atoms with van der Waals surface area (Å²) in [5, 5.41) is 11.5. The molecule has 0 spiro atoms. The van der Waals surface area contributed by atoms with E-state index in [0.29, 0.717) is 12.3 Å². The minimum absolute atomic E-state index is 0.0160. The van der Waals surface area contributed by atoms with Crippen LogP contribution in [-0.2, 0) is 11.3 Å². The van der Waals surface area contributed by atoms with Crippen molar-refractivity contribution in [1.82, 2.24) is 24.9 Å². The van der Waals surface area contributed by atoms with Gasteiger partial charge in [-0.1, -0.05) is 30.3 Å². The zero-order chi connectivity index (χ0) is 20.1. The number of hydrogen-bond acceptors (Lipinski definition) is 5. The number of rotatable bonds is 6. The maximum absolute atomic E-state index is 11.6. The fourth-order valence-electron chi connectivity index (χ4n) is 3.73. The monoisotopic (exact) mass is 390 g/mol. The van der Waals surface area contributed by atoms with Crippen molar-refractivity contribution in [3.63, 3.8) is 0 Å². The molecule has 2 aromatic heterocycles. The summed E-state index contributed by atoms with van der Waals surface area (Å²) in [7, 11) is 0. The van der Waals surface area contributed by atoms with Crippen molar-refractivity contribution in [3.8, 4) is 5.69 Å². The minimum Gasteiger partial charge on any atom is -0.325 e. The highest BCUT2D eigenvalue weighted by atomic mass is 16.1. The zero-order valence-corrected chi connectivity index (χ0v) is 16.7. The van der Waals surface area contributed by atoms with Crippen molar-refractivity contribution in [2.45, 2.75) is 38.6 Å². The van der Waals surface area contributed by atoms with Gasteiger partial charge >= 0.3 is 0 Å². The summed E-state index contributed by atoms with van der Waals surface area (Å²) >= 11 is 0. The van der Waals surface area contributed by atoms with Crippen molar-refractivity contribution >= 4 is 11.6 Å². The van der Waals surface area contributed by atoms with Crippen LogP contribution in [0.4, 0.5) is 5.69 Å². The second-order valence-electron chi connectivity index (χ2n) is 7.45. The second kappa shape index (κ2) is 8.96. The van der Waals surface area contributed by atoms with Crippen LogP contribution in [0, 0.1) is 0 Å². The van der Waals surface area contributed by atoms with Gasteiger partial charge < -0.3 is 5.32 Å². The quantitative estimate of drug-likeness (QED) is 0.698. The van der Waals surface area contributed by atoms with E-state index in [9.17, 15) is 4.79 Å². The average molecular weight is 390 g/mol. The number of aromatic nitrogens is 4. The van der Waals surface area contributed by atoms with Crippen LogP contribution in [0.1, 0.15) is 43.4 Å². The Hall–Kier alpha value is -3.06. The number of pyridine rings is 1. The van der Waals surface area contributed by atoms with Crippen LogP contribution in [0.5, 0.6) is 0 Å². The molecule has 1 aliphatic rings. The molecule has 0 aliphatic carbocycles. The summed E-state index contributed by atoms with van der Waals surface area (Å²) in [5.74, 6) is 0.486. The van der Waals surface area contributed by atoms with Gasteiger partial charge in [0.25, 0.3) is 0 Å². The molecule has 7 nitrogen and oxygen atoms in total. The third-order valence-corrected chi connectivity index (χ3v) is 5.37. The maximum atomic E-state index is 11.6. The van der Waals surface area contributed by atoms with Crippen LogP contribution >= 0.6 is 0 Å². The standard InChI is InChI=1S/C22H26N6O/c1-2-22(29)24-19-12-18(13-23-14-19)17-8-10-27(11-9-17)15-20-16-28(26-25-20)21-6-4-3-5-7-21/h3-7,12-14,16-17H,2,8-11,15H2,1H3,(H,24,29). The Morgan fingerprint density at radius 2 is 1.97 bits per heavy atom. The molecular formula is C22H26N6O. The topological polar surface area (TPSA) is 75.9 Å². The van der Waals surface area contributed by atoms with E-state index in [0.717, 1.165) is 49.5 Å². The molecule has 7 heteroatoms. The van der Waals surface area contributed by atoms with E-state index >= 15 is 0 Å². The van der Waals surface area contributed by atoms with Gasteiger partial charge in [-0.25, -0.2) is 4.68 Å². The Morgan fingerprint density at radius 1 is 1.17 bits per heavy atom. The number of benzene rings is 1. The Bertz CT molecular complexity index is 947. The molecule has 0 radical (unpaired) electrons. The second-order valence-corrected chi connectivity index (χ2v) is 7.45. The molecule has 1 saturated heterocycles. The molecule has 1 amide bonds. The molecule has 1 aromatic carbocycles. The zero-order valence-electron chi connectivity index (χ0n) is 16.7. The molecule has 1 N–H and O–H groups in total. The van der Waals surface area contributed by atoms with Gasteiger partial charge in [-0.2, -0.15) is 0 Å². The van der Waals surface area contributed by atoms with Gasteiger partial charge in [0.2, 0.25) is 5.91 Å². The number of para-hydroxylation sites is 1. The molecule has 0 bridgehead atoms. The fourth-order valence-corrected chi connectivity index (χ4v) is 3.73. The van der Waals surface area contributed by atoms with Crippen LogP contribution < -0.4 is 5.32 Å². The molecule has 3 aromatic rings. The van der Waals surface area contributed by atoms with Crippen molar-refractivity contribution in [2.24, 2.45) is 0 Å². The van der Waals surface area contributed by atoms with E-state index in [1.807, 2.05) is 54.3 Å². The molecule has 150 valence electrons. The number of piperidine rings is 1. The third kappa shape index (κ3) is 4.86. The number of nitrogens with zero attached hydrogens (tertiary/aromatic N) is 5. The lowest BCUT2D eigenvalue weighted by atomic mass is 9.90. The summed E-state index contributed by atoms with van der Waals surface area (Å²) in [4.78, 5) is 18.4. The highest BCUT2D eigenvalue weighted by Crippen LogP contribution is 2.29. The van der Waals surface area contributed by atoms with Crippen molar-refractivity contribution < 1.29 is 4.79 Å². The van der Waals surface area contributed by atoms with Crippen molar-refractivity contribution in [2.75, 3.05) is 18.4 Å². The van der Waals surface area contributed by atoms with Crippen LogP contribution in [0.25, 0.3) is 5.69 Å². The first kappa shape index (κ1) is 19.3. The molecule has 1 aliphatic heterocycles. The first-order valence-electron chi connectivity index (χ1n) is 10.1. The molecule has 1 fully saturated rings. The van der Waals surface area contributed by atoms with Crippen LogP contribution in [0.15, 0.2) is 55.0 Å². The van der Waals surface area contributed by atoms with Crippen LogP contribution in [-0.4, -0.2) is 43.9 Å². The van der Waals surface area contributed by atoms with E-state index in [2.05, 4.69) is 31.6 Å². The minimum atomic E-state index is 0.0160. The molecule has 0 atom stereocenters. The van der Waals surface area contributed by atoms with E-state index < -0.39 is 0 Å². The largest absolute Gasteiger partial charge is 0.325 e. The van der Waals surface area contributed by atoms with Crippen molar-refractivity contribution in [1.29, 1.82) is 0 Å².